The van der Waals surface area contributed by atoms with Crippen LogP contribution in [0.1, 0.15) is 20.8 Å². The molecule has 0 bridgehead atoms. The molecule has 0 aliphatic carbocycles. The maximum absolute atomic E-state index is 11.2. The Bertz CT molecular complexity index is 159. The Balaban J connectivity index is 3.39. The summed E-state index contributed by atoms with van der Waals surface area (Å²) >= 11 is 0. The summed E-state index contributed by atoms with van der Waals surface area (Å²) in [6, 6.07) is 0.528. The minimum atomic E-state index is 0.0732. The summed E-state index contributed by atoms with van der Waals surface area (Å²) in [5.74, 6) is 0.0732. The Hall–Kier alpha value is -0.610. The number of nitrogens with zero attached hydrogens (tertiary/aromatic N) is 1. The maximum Gasteiger partial charge on any atom is 0.234 e. The molecule has 0 aromatic heterocycles. The first-order valence-electron chi connectivity index (χ1n) is 5.25. The molecule has 2 N–H and O–H groups in total. The largest absolute Gasteiger partial charge is 0.354 e. The maximum atomic E-state index is 11.2. The third-order valence-electron chi connectivity index (χ3n) is 2.20. The molecule has 0 saturated carbocycles. The van der Waals surface area contributed by atoms with Crippen molar-refractivity contribution >= 4 is 5.91 Å². The van der Waals surface area contributed by atoms with Gasteiger partial charge in [-0.1, -0.05) is 6.92 Å². The van der Waals surface area contributed by atoms with Crippen LogP contribution >= 0.6 is 0 Å². The van der Waals surface area contributed by atoms with Crippen molar-refractivity contribution in [1.82, 2.24) is 15.5 Å². The molecule has 0 atom stereocenters. The summed E-state index contributed by atoms with van der Waals surface area (Å²) in [7, 11) is 2.06. The molecule has 4 heteroatoms. The van der Waals surface area contributed by atoms with E-state index in [1.54, 1.807) is 0 Å². The molecule has 0 unspecified atom stereocenters. The van der Waals surface area contributed by atoms with E-state index in [0.29, 0.717) is 12.6 Å². The van der Waals surface area contributed by atoms with E-state index in [-0.39, 0.29) is 5.91 Å². The summed E-state index contributed by atoms with van der Waals surface area (Å²) in [5, 5.41) is 5.84. The predicted molar refractivity (Wildman–Crippen MR) is 59.3 cm³/mol. The zero-order chi connectivity index (χ0) is 11.0. The van der Waals surface area contributed by atoms with Gasteiger partial charge in [0.25, 0.3) is 0 Å². The number of rotatable bonds is 7. The lowest BCUT2D eigenvalue weighted by Crippen LogP contribution is -2.39. The smallest absolute Gasteiger partial charge is 0.234 e. The van der Waals surface area contributed by atoms with Crippen LogP contribution in [0.25, 0.3) is 0 Å². The molecule has 0 aromatic rings. The van der Waals surface area contributed by atoms with Gasteiger partial charge in [-0.15, -0.1) is 0 Å². The van der Waals surface area contributed by atoms with Crippen molar-refractivity contribution in [2.45, 2.75) is 26.8 Å². The topological polar surface area (TPSA) is 44.4 Å². The number of likely N-dealkylation sites (N-methyl/N-ethyl adjacent to an activating group) is 2. The van der Waals surface area contributed by atoms with Crippen molar-refractivity contribution in [3.05, 3.63) is 0 Å². The Kier molecular flexibility index (Phi) is 7.42. The molecule has 0 spiro atoms. The Morgan fingerprint density at radius 2 is 2.07 bits per heavy atom. The van der Waals surface area contributed by atoms with Crippen LogP contribution in [0.2, 0.25) is 0 Å². The van der Waals surface area contributed by atoms with Gasteiger partial charge in [-0.3, -0.25) is 4.79 Å². The van der Waals surface area contributed by atoms with E-state index in [1.807, 2.05) is 6.92 Å². The lowest BCUT2D eigenvalue weighted by Gasteiger charge is -2.20. The minimum Gasteiger partial charge on any atom is -0.354 e. The van der Waals surface area contributed by atoms with Crippen molar-refractivity contribution < 1.29 is 4.79 Å². The second-order valence-electron chi connectivity index (χ2n) is 3.70. The summed E-state index contributed by atoms with van der Waals surface area (Å²) < 4.78 is 0. The standard InChI is InChI=1S/C10H23N3O/c1-5-11-8-10(14)12-6-7-13(4)9(2)3/h9,11H,5-8H2,1-4H3,(H,12,14). The van der Waals surface area contributed by atoms with Crippen molar-refractivity contribution in [1.29, 1.82) is 0 Å². The van der Waals surface area contributed by atoms with Gasteiger partial charge in [0.05, 0.1) is 6.54 Å². The average molecular weight is 201 g/mol. The fourth-order valence-electron chi connectivity index (χ4n) is 0.931. The average Bonchev–Trinajstić information content (AvgIpc) is 2.14. The number of carbonyl (C=O) groups excluding carboxylic acids is 1. The monoisotopic (exact) mass is 201 g/mol. The number of carbonyl (C=O) groups is 1. The van der Waals surface area contributed by atoms with Gasteiger partial charge in [0.2, 0.25) is 5.91 Å². The van der Waals surface area contributed by atoms with Crippen LogP contribution in [0.15, 0.2) is 0 Å². The van der Waals surface area contributed by atoms with Gasteiger partial charge in [-0.25, -0.2) is 0 Å². The van der Waals surface area contributed by atoms with Crippen LogP contribution < -0.4 is 10.6 Å². The van der Waals surface area contributed by atoms with Crippen molar-refractivity contribution in [2.24, 2.45) is 0 Å². The molecule has 0 rings (SSSR count). The highest BCUT2D eigenvalue weighted by Gasteiger charge is 2.03. The molecule has 0 aliphatic rings. The quantitative estimate of drug-likeness (QED) is 0.612. The summed E-state index contributed by atoms with van der Waals surface area (Å²) in [5.41, 5.74) is 0. The first-order valence-corrected chi connectivity index (χ1v) is 5.25. The predicted octanol–water partition coefficient (Wildman–Crippen LogP) is 0.0523. The van der Waals surface area contributed by atoms with E-state index < -0.39 is 0 Å². The zero-order valence-electron chi connectivity index (χ0n) is 9.76. The second kappa shape index (κ2) is 7.76. The number of hydrogen-bond acceptors (Lipinski definition) is 3. The summed E-state index contributed by atoms with van der Waals surface area (Å²) in [4.78, 5) is 13.4. The van der Waals surface area contributed by atoms with E-state index in [2.05, 4.69) is 36.4 Å². The van der Waals surface area contributed by atoms with Crippen LogP contribution in [0.5, 0.6) is 0 Å². The fraction of sp³-hybridized carbons (Fsp3) is 0.900. The fourth-order valence-corrected chi connectivity index (χ4v) is 0.931. The minimum absolute atomic E-state index is 0.0732. The summed E-state index contributed by atoms with van der Waals surface area (Å²) in [6.07, 6.45) is 0. The highest BCUT2D eigenvalue weighted by Crippen LogP contribution is 1.90. The third kappa shape index (κ3) is 6.86. The normalized spacial score (nSPS) is 11.0. The van der Waals surface area contributed by atoms with Gasteiger partial charge in [0.15, 0.2) is 0 Å². The van der Waals surface area contributed by atoms with Crippen LogP contribution in [0.3, 0.4) is 0 Å². The molecule has 0 saturated heterocycles. The lowest BCUT2D eigenvalue weighted by molar-refractivity contribution is -0.120. The first kappa shape index (κ1) is 13.4. The molecular weight excluding hydrogens is 178 g/mol. The second-order valence-corrected chi connectivity index (χ2v) is 3.70. The van der Waals surface area contributed by atoms with Crippen molar-refractivity contribution in [3.63, 3.8) is 0 Å². The van der Waals surface area contributed by atoms with Crippen LogP contribution in [0, 0.1) is 0 Å². The number of nitrogens with one attached hydrogen (secondary N) is 2. The highest BCUT2D eigenvalue weighted by atomic mass is 16.1. The lowest BCUT2D eigenvalue weighted by atomic mass is 10.3. The Morgan fingerprint density at radius 3 is 2.57 bits per heavy atom. The van der Waals surface area contributed by atoms with Gasteiger partial charge in [-0.2, -0.15) is 0 Å². The van der Waals surface area contributed by atoms with Crippen LogP contribution in [-0.2, 0) is 4.79 Å². The van der Waals surface area contributed by atoms with Crippen molar-refractivity contribution in [2.75, 3.05) is 33.2 Å². The third-order valence-corrected chi connectivity index (χ3v) is 2.20. The molecule has 0 aromatic carbocycles. The molecule has 0 heterocycles. The highest BCUT2D eigenvalue weighted by molar-refractivity contribution is 5.77. The molecule has 84 valence electrons. The van der Waals surface area contributed by atoms with E-state index >= 15 is 0 Å². The summed E-state index contributed by atoms with van der Waals surface area (Å²) in [6.45, 7) is 9.14. The Morgan fingerprint density at radius 1 is 1.43 bits per heavy atom. The van der Waals surface area contributed by atoms with E-state index in [1.165, 1.54) is 0 Å². The first-order chi connectivity index (χ1) is 6.57. The molecular formula is C10H23N3O. The van der Waals surface area contributed by atoms with E-state index in [0.717, 1.165) is 19.6 Å². The Labute approximate surface area is 87.0 Å². The number of hydrogen-bond donors (Lipinski definition) is 2. The molecule has 14 heavy (non-hydrogen) atoms. The molecule has 0 fully saturated rings. The van der Waals surface area contributed by atoms with Crippen LogP contribution in [-0.4, -0.2) is 50.1 Å². The molecule has 1 amide bonds. The van der Waals surface area contributed by atoms with Gasteiger partial charge in [0.1, 0.15) is 0 Å². The van der Waals surface area contributed by atoms with Gasteiger partial charge in [-0.05, 0) is 27.4 Å². The SMILES string of the molecule is CCNCC(=O)NCCN(C)C(C)C. The van der Waals surface area contributed by atoms with Gasteiger partial charge < -0.3 is 15.5 Å². The van der Waals surface area contributed by atoms with Gasteiger partial charge in [0, 0.05) is 19.1 Å². The molecule has 0 aliphatic heterocycles. The molecule has 0 radical (unpaired) electrons. The van der Waals surface area contributed by atoms with E-state index in [9.17, 15) is 4.79 Å². The number of amides is 1. The van der Waals surface area contributed by atoms with Crippen LogP contribution in [0.4, 0.5) is 0 Å². The zero-order valence-corrected chi connectivity index (χ0v) is 9.76. The van der Waals surface area contributed by atoms with E-state index in [4.69, 9.17) is 0 Å². The van der Waals surface area contributed by atoms with Crippen molar-refractivity contribution in [3.8, 4) is 0 Å². The van der Waals surface area contributed by atoms with Gasteiger partial charge >= 0.3 is 0 Å². The molecule has 4 nitrogen and oxygen atoms in total.